The van der Waals surface area contributed by atoms with Crippen molar-refractivity contribution in [1.82, 2.24) is 15.5 Å². The Labute approximate surface area is 167 Å². The molecule has 2 aromatic rings. The van der Waals surface area contributed by atoms with Crippen LogP contribution in [0.4, 0.5) is 4.39 Å². The molecule has 28 heavy (non-hydrogen) atoms. The normalized spacial score (nSPS) is 11.5. The van der Waals surface area contributed by atoms with Crippen molar-refractivity contribution in [2.75, 3.05) is 33.3 Å². The van der Waals surface area contributed by atoms with Gasteiger partial charge >= 0.3 is 0 Å². The van der Waals surface area contributed by atoms with Crippen molar-refractivity contribution >= 4 is 5.96 Å². The quantitative estimate of drug-likeness (QED) is 0.485. The van der Waals surface area contributed by atoms with Crippen LogP contribution < -0.4 is 15.4 Å². The third-order valence-corrected chi connectivity index (χ3v) is 4.55. The van der Waals surface area contributed by atoms with E-state index in [1.807, 2.05) is 24.3 Å². The molecule has 0 heterocycles. The van der Waals surface area contributed by atoms with Gasteiger partial charge in [0.1, 0.15) is 18.2 Å². The van der Waals surface area contributed by atoms with Gasteiger partial charge < -0.3 is 20.3 Å². The summed E-state index contributed by atoms with van der Waals surface area (Å²) < 4.78 is 18.8. The van der Waals surface area contributed by atoms with Gasteiger partial charge in [-0.15, -0.1) is 0 Å². The number of hydrogen-bond acceptors (Lipinski definition) is 3. The molecule has 0 saturated heterocycles. The molecule has 5 nitrogen and oxygen atoms in total. The van der Waals surface area contributed by atoms with Gasteiger partial charge in [0, 0.05) is 26.7 Å². The van der Waals surface area contributed by atoms with Gasteiger partial charge in [0.05, 0.1) is 0 Å². The minimum absolute atomic E-state index is 0.230. The first-order valence-corrected chi connectivity index (χ1v) is 9.77. The van der Waals surface area contributed by atoms with E-state index >= 15 is 0 Å². The average Bonchev–Trinajstić information content (AvgIpc) is 2.73. The fourth-order valence-corrected chi connectivity index (χ4v) is 2.73. The lowest BCUT2D eigenvalue weighted by Crippen LogP contribution is -2.36. The van der Waals surface area contributed by atoms with Gasteiger partial charge in [-0.2, -0.15) is 0 Å². The van der Waals surface area contributed by atoms with Crippen molar-refractivity contribution in [3.63, 3.8) is 0 Å². The number of nitrogens with zero attached hydrogens (tertiary/aromatic N) is 2. The summed E-state index contributed by atoms with van der Waals surface area (Å²) in [5.74, 6) is 1.35. The number of rotatable bonds is 10. The Kier molecular flexibility index (Phi) is 9.28. The molecule has 0 aliphatic heterocycles. The van der Waals surface area contributed by atoms with Crippen LogP contribution in [-0.2, 0) is 13.1 Å². The van der Waals surface area contributed by atoms with E-state index in [4.69, 9.17) is 4.74 Å². The Bertz CT molecular complexity index is 712. The highest BCUT2D eigenvalue weighted by Gasteiger charge is 2.02. The molecule has 0 atom stereocenters. The van der Waals surface area contributed by atoms with E-state index in [-0.39, 0.29) is 5.82 Å². The van der Waals surface area contributed by atoms with Gasteiger partial charge in [-0.1, -0.05) is 38.1 Å². The van der Waals surface area contributed by atoms with E-state index < -0.39 is 0 Å². The number of likely N-dealkylation sites (N-methyl/N-ethyl adjacent to an activating group) is 1. The maximum Gasteiger partial charge on any atom is 0.191 e. The van der Waals surface area contributed by atoms with E-state index in [9.17, 15) is 4.39 Å². The first kappa shape index (κ1) is 21.7. The molecule has 0 aromatic heterocycles. The van der Waals surface area contributed by atoms with Crippen LogP contribution in [0.3, 0.4) is 0 Å². The molecular formula is C22H31FN4O. The van der Waals surface area contributed by atoms with E-state index in [0.717, 1.165) is 36.5 Å². The molecule has 2 rings (SSSR count). The molecule has 2 aromatic carbocycles. The Hall–Kier alpha value is -2.60. The third kappa shape index (κ3) is 7.56. The molecule has 0 radical (unpaired) electrons. The molecule has 0 aliphatic rings. The number of benzene rings is 2. The summed E-state index contributed by atoms with van der Waals surface area (Å²) in [4.78, 5) is 6.55. The predicted molar refractivity (Wildman–Crippen MR) is 113 cm³/mol. The van der Waals surface area contributed by atoms with Gasteiger partial charge in [-0.3, -0.25) is 4.99 Å². The Morgan fingerprint density at radius 1 is 0.929 bits per heavy atom. The Morgan fingerprint density at radius 3 is 1.96 bits per heavy atom. The van der Waals surface area contributed by atoms with Gasteiger partial charge in [0.25, 0.3) is 0 Å². The minimum Gasteiger partial charge on any atom is -0.492 e. The molecule has 2 N–H and O–H groups in total. The molecular weight excluding hydrogens is 355 g/mol. The zero-order valence-electron chi connectivity index (χ0n) is 17.0. The lowest BCUT2D eigenvalue weighted by Gasteiger charge is -2.18. The van der Waals surface area contributed by atoms with Crippen molar-refractivity contribution in [3.05, 3.63) is 65.5 Å². The molecule has 0 spiro atoms. The summed E-state index contributed by atoms with van der Waals surface area (Å²) in [7, 11) is 1.73. The number of nitrogens with one attached hydrogen (secondary N) is 2. The summed E-state index contributed by atoms with van der Waals surface area (Å²) in [6.07, 6.45) is 0. The molecule has 0 saturated carbocycles. The van der Waals surface area contributed by atoms with E-state index in [0.29, 0.717) is 25.7 Å². The average molecular weight is 387 g/mol. The lowest BCUT2D eigenvalue weighted by atomic mass is 10.2. The molecule has 0 bridgehead atoms. The van der Waals surface area contributed by atoms with Crippen LogP contribution in [0.25, 0.3) is 0 Å². The van der Waals surface area contributed by atoms with Crippen LogP contribution in [0.5, 0.6) is 5.75 Å². The second-order valence-electron chi connectivity index (χ2n) is 6.43. The van der Waals surface area contributed by atoms with Crippen molar-refractivity contribution in [2.45, 2.75) is 26.9 Å². The summed E-state index contributed by atoms with van der Waals surface area (Å²) in [5, 5.41) is 6.50. The fraction of sp³-hybridized carbons (Fsp3) is 0.409. The van der Waals surface area contributed by atoms with Gasteiger partial charge in [0.15, 0.2) is 5.96 Å². The van der Waals surface area contributed by atoms with Crippen molar-refractivity contribution in [3.8, 4) is 5.75 Å². The highest BCUT2D eigenvalue weighted by molar-refractivity contribution is 5.79. The number of halogens is 1. The van der Waals surface area contributed by atoms with Crippen molar-refractivity contribution in [2.24, 2.45) is 4.99 Å². The molecule has 152 valence electrons. The maximum atomic E-state index is 13.0. The standard InChI is InChI=1S/C22H31FN4O/c1-4-27(5-2)14-15-28-21-12-8-19(9-13-21)17-26-22(24-3)25-16-18-6-10-20(23)11-7-18/h6-13H,4-5,14-17H2,1-3H3,(H2,24,25,26). The Balaban J connectivity index is 1.74. The van der Waals surface area contributed by atoms with E-state index in [2.05, 4.69) is 34.4 Å². The van der Waals surface area contributed by atoms with Gasteiger partial charge in [-0.25, -0.2) is 4.39 Å². The van der Waals surface area contributed by atoms with Crippen LogP contribution in [0.2, 0.25) is 0 Å². The number of aliphatic imine (C=N–C) groups is 1. The minimum atomic E-state index is -0.230. The fourth-order valence-electron chi connectivity index (χ4n) is 2.73. The molecule has 6 heteroatoms. The lowest BCUT2D eigenvalue weighted by molar-refractivity contribution is 0.223. The zero-order valence-corrected chi connectivity index (χ0v) is 17.0. The van der Waals surface area contributed by atoms with Crippen LogP contribution in [-0.4, -0.2) is 44.1 Å². The van der Waals surface area contributed by atoms with Crippen LogP contribution >= 0.6 is 0 Å². The largest absolute Gasteiger partial charge is 0.492 e. The molecule has 0 amide bonds. The summed E-state index contributed by atoms with van der Waals surface area (Å²) in [6, 6.07) is 14.5. The van der Waals surface area contributed by atoms with E-state index in [1.54, 1.807) is 19.2 Å². The second-order valence-corrected chi connectivity index (χ2v) is 6.43. The molecule has 0 fully saturated rings. The smallest absolute Gasteiger partial charge is 0.191 e. The molecule has 0 aliphatic carbocycles. The van der Waals surface area contributed by atoms with Crippen molar-refractivity contribution in [1.29, 1.82) is 0 Å². The first-order chi connectivity index (χ1) is 13.6. The summed E-state index contributed by atoms with van der Waals surface area (Å²) >= 11 is 0. The third-order valence-electron chi connectivity index (χ3n) is 4.55. The summed E-state index contributed by atoms with van der Waals surface area (Å²) in [5.41, 5.74) is 2.14. The van der Waals surface area contributed by atoms with Gasteiger partial charge in [-0.05, 0) is 48.5 Å². The maximum absolute atomic E-state index is 13.0. The SMILES string of the molecule is CCN(CC)CCOc1ccc(CNC(=NC)NCc2ccc(F)cc2)cc1. The topological polar surface area (TPSA) is 48.9 Å². The van der Waals surface area contributed by atoms with Crippen LogP contribution in [0.1, 0.15) is 25.0 Å². The number of hydrogen-bond donors (Lipinski definition) is 2. The van der Waals surface area contributed by atoms with Gasteiger partial charge in [0.2, 0.25) is 0 Å². The van der Waals surface area contributed by atoms with Crippen molar-refractivity contribution < 1.29 is 9.13 Å². The first-order valence-electron chi connectivity index (χ1n) is 9.77. The van der Waals surface area contributed by atoms with Crippen LogP contribution in [0.15, 0.2) is 53.5 Å². The second kappa shape index (κ2) is 12.0. The van der Waals surface area contributed by atoms with E-state index in [1.165, 1.54) is 12.1 Å². The Morgan fingerprint density at radius 2 is 1.46 bits per heavy atom. The zero-order chi connectivity index (χ0) is 20.2. The predicted octanol–water partition coefficient (Wildman–Crippen LogP) is 3.41. The number of ether oxygens (including phenoxy) is 1. The summed E-state index contributed by atoms with van der Waals surface area (Å²) in [6.45, 7) is 9.27. The highest BCUT2D eigenvalue weighted by Crippen LogP contribution is 2.12. The molecule has 0 unspecified atom stereocenters. The highest BCUT2D eigenvalue weighted by atomic mass is 19.1. The van der Waals surface area contributed by atoms with Crippen LogP contribution in [0, 0.1) is 5.82 Å². The number of guanidine groups is 1. The monoisotopic (exact) mass is 386 g/mol.